The summed E-state index contributed by atoms with van der Waals surface area (Å²) in [7, 11) is 0. The largest absolute Gasteiger partial charge is 0.256 e. The van der Waals surface area contributed by atoms with Crippen LogP contribution in [0.15, 0.2) is 37.1 Å². The smallest absolute Gasteiger partial charge is 0.0698 e. The third-order valence-electron chi connectivity index (χ3n) is 2.46. The lowest BCUT2D eigenvalue weighted by Gasteiger charge is -2.18. The summed E-state index contributed by atoms with van der Waals surface area (Å²) in [5.41, 5.74) is 3.48. The lowest BCUT2D eigenvalue weighted by molar-refractivity contribution is 0.587. The molecular weight excluding hydrogens is 206 g/mol. The van der Waals surface area contributed by atoms with Crippen LogP contribution in [0.5, 0.6) is 0 Å². The monoisotopic (exact) mass is 231 g/mol. The molecule has 0 aromatic carbocycles. The zero-order valence-corrected chi connectivity index (χ0v) is 12.0. The second kappa shape index (κ2) is 7.05. The lowest BCUT2D eigenvalue weighted by Crippen LogP contribution is -2.11. The molecule has 0 saturated carbocycles. The molecule has 0 aliphatic carbocycles. The first-order valence-corrected chi connectivity index (χ1v) is 6.24. The second-order valence-electron chi connectivity index (χ2n) is 4.63. The summed E-state index contributed by atoms with van der Waals surface area (Å²) in [5.74, 6) is 0. The molecule has 0 atom stereocenters. The highest BCUT2D eigenvalue weighted by molar-refractivity contribution is 5.70. The maximum atomic E-state index is 4.45. The fourth-order valence-corrected chi connectivity index (χ4v) is 1.38. The van der Waals surface area contributed by atoms with Gasteiger partial charge in [-0.05, 0) is 29.5 Å². The number of rotatable bonds is 2. The van der Waals surface area contributed by atoms with E-state index in [2.05, 4.69) is 44.5 Å². The number of hydrogen-bond acceptors (Lipinski definition) is 1. The van der Waals surface area contributed by atoms with Crippen molar-refractivity contribution in [3.63, 3.8) is 0 Å². The molecule has 1 aromatic heterocycles. The van der Waals surface area contributed by atoms with E-state index in [4.69, 9.17) is 0 Å². The summed E-state index contributed by atoms with van der Waals surface area (Å²) in [6.45, 7) is 16.3. The standard InChI is InChI=1S/C14H19N.C2H6/c1-6-11(7-2)13-9-8-12(10-15-13)14(3,4)5;1-2/h6-10H,1H2,2-5H3;1-2H3/b11-7+;. The number of hydrogen-bond donors (Lipinski definition) is 0. The average Bonchev–Trinajstić information content (AvgIpc) is 2.33. The van der Waals surface area contributed by atoms with Gasteiger partial charge in [0.25, 0.3) is 0 Å². The van der Waals surface area contributed by atoms with E-state index >= 15 is 0 Å². The maximum Gasteiger partial charge on any atom is 0.0698 e. The quantitative estimate of drug-likeness (QED) is 0.653. The zero-order valence-electron chi connectivity index (χ0n) is 12.0. The number of nitrogens with zero attached hydrogens (tertiary/aromatic N) is 1. The SMILES string of the molecule is C=C/C(=C\C)c1ccc(C(C)(C)C)cn1.CC. The minimum Gasteiger partial charge on any atom is -0.256 e. The van der Waals surface area contributed by atoms with Crippen molar-refractivity contribution in [1.29, 1.82) is 0 Å². The Balaban J connectivity index is 0.00000121. The van der Waals surface area contributed by atoms with Gasteiger partial charge < -0.3 is 0 Å². The van der Waals surface area contributed by atoms with Crippen LogP contribution >= 0.6 is 0 Å². The summed E-state index contributed by atoms with van der Waals surface area (Å²) in [5, 5.41) is 0. The van der Waals surface area contributed by atoms with E-state index in [1.165, 1.54) is 5.56 Å². The molecule has 0 aliphatic rings. The highest BCUT2D eigenvalue weighted by atomic mass is 14.7. The minimum absolute atomic E-state index is 0.163. The van der Waals surface area contributed by atoms with Gasteiger partial charge in [-0.25, -0.2) is 0 Å². The van der Waals surface area contributed by atoms with Gasteiger partial charge in [0.2, 0.25) is 0 Å². The summed E-state index contributed by atoms with van der Waals surface area (Å²) >= 11 is 0. The van der Waals surface area contributed by atoms with Gasteiger partial charge in [0, 0.05) is 6.20 Å². The van der Waals surface area contributed by atoms with Crippen molar-refractivity contribution in [2.24, 2.45) is 0 Å². The minimum atomic E-state index is 0.163. The molecule has 0 spiro atoms. The number of allylic oxidation sites excluding steroid dienone is 3. The average molecular weight is 231 g/mol. The van der Waals surface area contributed by atoms with E-state index in [1.807, 2.05) is 39.1 Å². The number of pyridine rings is 1. The first-order valence-electron chi connectivity index (χ1n) is 6.24. The van der Waals surface area contributed by atoms with Crippen LogP contribution in [0.25, 0.3) is 5.57 Å². The Morgan fingerprint density at radius 3 is 2.12 bits per heavy atom. The van der Waals surface area contributed by atoms with Crippen LogP contribution < -0.4 is 0 Å². The molecule has 1 nitrogen and oxygen atoms in total. The molecule has 0 aliphatic heterocycles. The van der Waals surface area contributed by atoms with Gasteiger partial charge in [-0.3, -0.25) is 4.98 Å². The topological polar surface area (TPSA) is 12.9 Å². The number of aromatic nitrogens is 1. The van der Waals surface area contributed by atoms with Crippen LogP contribution in [0.1, 0.15) is 52.8 Å². The summed E-state index contributed by atoms with van der Waals surface area (Å²) < 4.78 is 0. The summed E-state index contributed by atoms with van der Waals surface area (Å²) in [4.78, 5) is 4.45. The third-order valence-corrected chi connectivity index (χ3v) is 2.46. The molecule has 1 heteroatoms. The van der Waals surface area contributed by atoms with E-state index < -0.39 is 0 Å². The Morgan fingerprint density at radius 2 is 1.82 bits per heavy atom. The van der Waals surface area contributed by atoms with E-state index in [-0.39, 0.29) is 5.41 Å². The molecule has 0 N–H and O–H groups in total. The fraction of sp³-hybridized carbons (Fsp3) is 0.438. The predicted octanol–water partition coefficient (Wildman–Crippen LogP) is 4.99. The van der Waals surface area contributed by atoms with E-state index in [1.54, 1.807) is 0 Å². The second-order valence-corrected chi connectivity index (χ2v) is 4.63. The molecule has 94 valence electrons. The van der Waals surface area contributed by atoms with Gasteiger partial charge in [0.05, 0.1) is 5.69 Å². The Hall–Kier alpha value is -1.37. The van der Waals surface area contributed by atoms with E-state index in [9.17, 15) is 0 Å². The van der Waals surface area contributed by atoms with Crippen molar-refractivity contribution < 1.29 is 0 Å². The van der Waals surface area contributed by atoms with Gasteiger partial charge in [0.1, 0.15) is 0 Å². The molecule has 0 unspecified atom stereocenters. The van der Waals surface area contributed by atoms with Crippen molar-refractivity contribution in [2.75, 3.05) is 0 Å². The van der Waals surface area contributed by atoms with E-state index in [0.29, 0.717) is 0 Å². The van der Waals surface area contributed by atoms with Gasteiger partial charge in [-0.1, -0.05) is 59.4 Å². The normalized spacial score (nSPS) is 11.5. The van der Waals surface area contributed by atoms with Crippen LogP contribution in [-0.4, -0.2) is 4.98 Å². The Labute approximate surface area is 106 Å². The third kappa shape index (κ3) is 4.56. The maximum absolute atomic E-state index is 4.45. The Kier molecular flexibility index (Phi) is 6.48. The highest BCUT2D eigenvalue weighted by Crippen LogP contribution is 2.22. The lowest BCUT2D eigenvalue weighted by atomic mass is 9.88. The Bertz CT molecular complexity index is 364. The van der Waals surface area contributed by atoms with Crippen molar-refractivity contribution in [2.45, 2.75) is 47.0 Å². The predicted molar refractivity (Wildman–Crippen MR) is 78.1 cm³/mol. The van der Waals surface area contributed by atoms with Crippen LogP contribution in [-0.2, 0) is 5.41 Å². The van der Waals surface area contributed by atoms with Gasteiger partial charge in [-0.15, -0.1) is 0 Å². The fourth-order valence-electron chi connectivity index (χ4n) is 1.38. The van der Waals surface area contributed by atoms with Gasteiger partial charge >= 0.3 is 0 Å². The van der Waals surface area contributed by atoms with Crippen LogP contribution in [0.2, 0.25) is 0 Å². The molecule has 0 amide bonds. The summed E-state index contributed by atoms with van der Waals surface area (Å²) in [6, 6.07) is 4.19. The first kappa shape index (κ1) is 15.6. The molecular formula is C16H25N. The summed E-state index contributed by atoms with van der Waals surface area (Å²) in [6.07, 6.45) is 5.80. The van der Waals surface area contributed by atoms with Crippen LogP contribution in [0.4, 0.5) is 0 Å². The first-order chi connectivity index (χ1) is 7.99. The van der Waals surface area contributed by atoms with E-state index in [0.717, 1.165) is 11.3 Å². The molecule has 0 bridgehead atoms. The molecule has 1 heterocycles. The van der Waals surface area contributed by atoms with Gasteiger partial charge in [-0.2, -0.15) is 0 Å². The molecule has 0 radical (unpaired) electrons. The molecule has 0 saturated heterocycles. The van der Waals surface area contributed by atoms with Crippen molar-refractivity contribution in [3.05, 3.63) is 48.3 Å². The molecule has 0 fully saturated rings. The molecule has 1 aromatic rings. The Morgan fingerprint density at radius 1 is 1.24 bits per heavy atom. The molecule has 17 heavy (non-hydrogen) atoms. The van der Waals surface area contributed by atoms with Crippen molar-refractivity contribution >= 4 is 5.57 Å². The van der Waals surface area contributed by atoms with Crippen LogP contribution in [0.3, 0.4) is 0 Å². The van der Waals surface area contributed by atoms with Crippen LogP contribution in [0, 0.1) is 0 Å². The highest BCUT2D eigenvalue weighted by Gasteiger charge is 2.13. The van der Waals surface area contributed by atoms with Gasteiger partial charge in [0.15, 0.2) is 0 Å². The van der Waals surface area contributed by atoms with Crippen molar-refractivity contribution in [3.8, 4) is 0 Å². The zero-order chi connectivity index (χ0) is 13.5. The molecule has 1 rings (SSSR count). The van der Waals surface area contributed by atoms with Crippen molar-refractivity contribution in [1.82, 2.24) is 4.98 Å².